The summed E-state index contributed by atoms with van der Waals surface area (Å²) in [7, 11) is 0. The van der Waals surface area contributed by atoms with E-state index in [2.05, 4.69) is 37.2 Å². The highest BCUT2D eigenvalue weighted by Gasteiger charge is 2.18. The van der Waals surface area contributed by atoms with Gasteiger partial charge in [0.1, 0.15) is 0 Å². The molecule has 4 nitrogen and oxygen atoms in total. The van der Waals surface area contributed by atoms with Crippen molar-refractivity contribution < 1.29 is 9.59 Å². The van der Waals surface area contributed by atoms with E-state index in [0.29, 0.717) is 4.88 Å². The van der Waals surface area contributed by atoms with Crippen LogP contribution in [0.5, 0.6) is 0 Å². The largest absolute Gasteiger partial charge is 0.342 e. The predicted octanol–water partition coefficient (Wildman–Crippen LogP) is 3.02. The maximum Gasteiger partial charge on any atom is 0.261 e. The number of carbonyl (C=O) groups is 2. The van der Waals surface area contributed by atoms with Crippen molar-refractivity contribution in [2.75, 3.05) is 19.6 Å². The van der Waals surface area contributed by atoms with Crippen LogP contribution in [0.15, 0.2) is 14.3 Å². The Morgan fingerprint density at radius 3 is 2.53 bits per heavy atom. The van der Waals surface area contributed by atoms with Gasteiger partial charge < -0.3 is 10.2 Å². The van der Waals surface area contributed by atoms with Crippen molar-refractivity contribution in [1.29, 1.82) is 0 Å². The minimum atomic E-state index is -0.207. The number of rotatable bonds is 3. The highest BCUT2D eigenvalue weighted by molar-refractivity contribution is 9.13. The van der Waals surface area contributed by atoms with Gasteiger partial charge in [-0.3, -0.25) is 9.59 Å². The molecule has 104 valence electrons. The topological polar surface area (TPSA) is 49.4 Å². The maximum atomic E-state index is 11.9. The van der Waals surface area contributed by atoms with Crippen molar-refractivity contribution in [1.82, 2.24) is 10.2 Å². The second-order valence-electron chi connectivity index (χ2n) is 4.36. The summed E-state index contributed by atoms with van der Waals surface area (Å²) < 4.78 is 1.73. The van der Waals surface area contributed by atoms with Gasteiger partial charge in [-0.25, -0.2) is 0 Å². The van der Waals surface area contributed by atoms with Crippen LogP contribution in [0.25, 0.3) is 0 Å². The monoisotopic (exact) mass is 408 g/mol. The quantitative estimate of drug-likeness (QED) is 0.833. The van der Waals surface area contributed by atoms with E-state index >= 15 is 0 Å². The number of nitrogens with one attached hydrogen (secondary N) is 1. The molecule has 1 fully saturated rings. The first-order valence-electron chi connectivity index (χ1n) is 6.08. The molecular formula is C12H14Br2N2O2S. The molecule has 2 heterocycles. The van der Waals surface area contributed by atoms with Crippen molar-refractivity contribution in [2.24, 2.45) is 0 Å². The van der Waals surface area contributed by atoms with Gasteiger partial charge in [0.15, 0.2) is 0 Å². The van der Waals surface area contributed by atoms with E-state index in [-0.39, 0.29) is 18.4 Å². The van der Waals surface area contributed by atoms with Crippen LogP contribution in [0.3, 0.4) is 0 Å². The molecule has 0 unspecified atom stereocenters. The van der Waals surface area contributed by atoms with E-state index in [9.17, 15) is 9.59 Å². The van der Waals surface area contributed by atoms with Gasteiger partial charge in [0.25, 0.3) is 5.91 Å². The molecule has 2 amide bonds. The molecule has 1 N–H and O–H groups in total. The molecule has 0 bridgehead atoms. The zero-order valence-electron chi connectivity index (χ0n) is 10.2. The number of thiophene rings is 1. The fourth-order valence-electron chi connectivity index (χ4n) is 1.96. The number of likely N-dealkylation sites (tertiary alicyclic amines) is 1. The van der Waals surface area contributed by atoms with Crippen LogP contribution in [-0.4, -0.2) is 36.3 Å². The fraction of sp³-hybridized carbons (Fsp3) is 0.500. The van der Waals surface area contributed by atoms with Crippen LogP contribution >= 0.6 is 43.2 Å². The van der Waals surface area contributed by atoms with Crippen LogP contribution in [0.2, 0.25) is 0 Å². The fourth-order valence-corrected chi connectivity index (χ4v) is 3.91. The van der Waals surface area contributed by atoms with Gasteiger partial charge in [-0.2, -0.15) is 0 Å². The van der Waals surface area contributed by atoms with Crippen LogP contribution in [-0.2, 0) is 4.79 Å². The lowest BCUT2D eigenvalue weighted by molar-refractivity contribution is -0.130. The van der Waals surface area contributed by atoms with E-state index < -0.39 is 0 Å². The van der Waals surface area contributed by atoms with Crippen LogP contribution in [0.4, 0.5) is 0 Å². The second-order valence-corrected chi connectivity index (χ2v) is 7.58. The summed E-state index contributed by atoms with van der Waals surface area (Å²) in [6, 6.07) is 1.75. The minimum Gasteiger partial charge on any atom is -0.342 e. The third kappa shape index (κ3) is 4.03. The van der Waals surface area contributed by atoms with Crippen molar-refractivity contribution in [3.8, 4) is 0 Å². The molecule has 2 rings (SSSR count). The summed E-state index contributed by atoms with van der Waals surface area (Å²) in [6.07, 6.45) is 3.31. The number of hydrogen-bond donors (Lipinski definition) is 1. The Morgan fingerprint density at radius 1 is 1.26 bits per heavy atom. The first kappa shape index (κ1) is 15.0. The Kier molecular flexibility index (Phi) is 5.41. The van der Waals surface area contributed by atoms with E-state index in [0.717, 1.165) is 34.2 Å². The lowest BCUT2D eigenvalue weighted by Gasteiger charge is -2.26. The van der Waals surface area contributed by atoms with E-state index in [4.69, 9.17) is 0 Å². The molecule has 19 heavy (non-hydrogen) atoms. The zero-order chi connectivity index (χ0) is 13.8. The number of piperidine rings is 1. The predicted molar refractivity (Wildman–Crippen MR) is 82.5 cm³/mol. The van der Waals surface area contributed by atoms with Crippen LogP contribution in [0, 0.1) is 0 Å². The third-order valence-corrected chi connectivity index (χ3v) is 6.23. The number of halogens is 2. The summed E-state index contributed by atoms with van der Waals surface area (Å²) in [5, 5.41) is 2.68. The first-order chi connectivity index (χ1) is 9.08. The molecule has 1 aliphatic rings. The molecule has 0 aromatic carbocycles. The van der Waals surface area contributed by atoms with Gasteiger partial charge in [-0.1, -0.05) is 0 Å². The number of hydrogen-bond acceptors (Lipinski definition) is 3. The van der Waals surface area contributed by atoms with Gasteiger partial charge >= 0.3 is 0 Å². The van der Waals surface area contributed by atoms with Gasteiger partial charge in [0, 0.05) is 17.6 Å². The normalized spacial score (nSPS) is 15.4. The molecule has 7 heteroatoms. The lowest BCUT2D eigenvalue weighted by Crippen LogP contribution is -2.42. The SMILES string of the molecule is O=C(NCC(=O)N1CCCCC1)c1cc(Br)c(Br)s1. The zero-order valence-corrected chi connectivity index (χ0v) is 14.2. The molecule has 1 aromatic heterocycles. The Morgan fingerprint density at radius 2 is 1.95 bits per heavy atom. The smallest absolute Gasteiger partial charge is 0.261 e. The van der Waals surface area contributed by atoms with E-state index in [1.165, 1.54) is 17.8 Å². The average Bonchev–Trinajstić information content (AvgIpc) is 2.77. The summed E-state index contributed by atoms with van der Waals surface area (Å²) in [5.41, 5.74) is 0. The highest BCUT2D eigenvalue weighted by Crippen LogP contribution is 2.32. The third-order valence-electron chi connectivity index (χ3n) is 2.98. The summed E-state index contributed by atoms with van der Waals surface area (Å²) in [5.74, 6) is -0.204. The van der Waals surface area contributed by atoms with Crippen molar-refractivity contribution >= 4 is 55.0 Å². The van der Waals surface area contributed by atoms with Crippen molar-refractivity contribution in [3.63, 3.8) is 0 Å². The highest BCUT2D eigenvalue weighted by atomic mass is 79.9. The molecule has 1 aromatic rings. The number of nitrogens with zero attached hydrogens (tertiary/aromatic N) is 1. The van der Waals surface area contributed by atoms with Crippen LogP contribution < -0.4 is 5.32 Å². The number of amides is 2. The molecule has 0 atom stereocenters. The summed E-state index contributed by atoms with van der Waals surface area (Å²) in [6.45, 7) is 1.70. The van der Waals surface area contributed by atoms with Crippen LogP contribution in [0.1, 0.15) is 28.9 Å². The second kappa shape index (κ2) is 6.85. The molecule has 0 aliphatic carbocycles. The van der Waals surface area contributed by atoms with E-state index in [1.807, 2.05) is 4.90 Å². The Labute approximate surface area is 132 Å². The first-order valence-corrected chi connectivity index (χ1v) is 8.49. The Balaban J connectivity index is 1.84. The van der Waals surface area contributed by atoms with Crippen molar-refractivity contribution in [2.45, 2.75) is 19.3 Å². The standard InChI is InChI=1S/C12H14Br2N2O2S/c13-8-6-9(19-11(8)14)12(18)15-7-10(17)16-4-2-1-3-5-16/h6H,1-5,7H2,(H,15,18). The summed E-state index contributed by atoms with van der Waals surface area (Å²) in [4.78, 5) is 26.2. The Bertz CT molecular complexity index is 465. The molecule has 1 saturated heterocycles. The van der Waals surface area contributed by atoms with Gasteiger partial charge in [0.2, 0.25) is 5.91 Å². The Hall–Kier alpha value is -0.400. The molecule has 1 aliphatic heterocycles. The molecule has 0 saturated carbocycles. The van der Waals surface area contributed by atoms with E-state index in [1.54, 1.807) is 6.07 Å². The van der Waals surface area contributed by atoms with Gasteiger partial charge in [-0.05, 0) is 57.2 Å². The molecular weight excluding hydrogens is 396 g/mol. The van der Waals surface area contributed by atoms with Crippen molar-refractivity contribution in [3.05, 3.63) is 19.2 Å². The average molecular weight is 410 g/mol. The molecule has 0 spiro atoms. The summed E-state index contributed by atoms with van der Waals surface area (Å²) >= 11 is 8.02. The molecule has 0 radical (unpaired) electrons. The lowest BCUT2D eigenvalue weighted by atomic mass is 10.1. The number of carbonyl (C=O) groups excluding carboxylic acids is 2. The maximum absolute atomic E-state index is 11.9. The van der Waals surface area contributed by atoms with Gasteiger partial charge in [-0.15, -0.1) is 11.3 Å². The van der Waals surface area contributed by atoms with Gasteiger partial charge in [0.05, 0.1) is 15.2 Å². The minimum absolute atomic E-state index is 0.00253.